The molecule has 0 saturated heterocycles. The Morgan fingerprint density at radius 3 is 2.47 bits per heavy atom. The molecule has 1 N–H and O–H groups in total. The van der Waals surface area contributed by atoms with Gasteiger partial charge in [-0.25, -0.2) is 4.98 Å². The van der Waals surface area contributed by atoms with Crippen LogP contribution in [0.3, 0.4) is 0 Å². The van der Waals surface area contributed by atoms with Crippen LogP contribution in [-0.2, 0) is 0 Å². The molecule has 1 heterocycles. The Kier molecular flexibility index (Phi) is 4.33. The first-order valence-corrected chi connectivity index (χ1v) is 5.67. The van der Waals surface area contributed by atoms with Gasteiger partial charge in [0, 0.05) is 6.04 Å². The van der Waals surface area contributed by atoms with Gasteiger partial charge in [-0.1, -0.05) is 13.8 Å². The second kappa shape index (κ2) is 5.31. The first-order chi connectivity index (χ1) is 6.99. The SMILES string of the molecule is Cc1cnc(C(C)NC(C)CC(C)C)o1. The zero-order chi connectivity index (χ0) is 11.4. The normalized spacial score (nSPS) is 15.6. The van der Waals surface area contributed by atoms with Crippen LogP contribution in [0.4, 0.5) is 0 Å². The van der Waals surface area contributed by atoms with Gasteiger partial charge in [0.05, 0.1) is 12.2 Å². The second-order valence-electron chi connectivity index (χ2n) is 4.73. The van der Waals surface area contributed by atoms with Crippen LogP contribution in [-0.4, -0.2) is 11.0 Å². The lowest BCUT2D eigenvalue weighted by Gasteiger charge is -2.19. The molecule has 2 unspecified atom stereocenters. The van der Waals surface area contributed by atoms with Crippen molar-refractivity contribution in [3.05, 3.63) is 17.8 Å². The molecule has 0 fully saturated rings. The summed E-state index contributed by atoms with van der Waals surface area (Å²) in [5.41, 5.74) is 0. The fraction of sp³-hybridized carbons (Fsp3) is 0.750. The molecule has 0 aliphatic carbocycles. The van der Waals surface area contributed by atoms with Crippen molar-refractivity contribution in [1.29, 1.82) is 0 Å². The molecule has 86 valence electrons. The van der Waals surface area contributed by atoms with Crippen LogP contribution in [0.5, 0.6) is 0 Å². The maximum Gasteiger partial charge on any atom is 0.211 e. The minimum Gasteiger partial charge on any atom is -0.444 e. The number of rotatable bonds is 5. The Hall–Kier alpha value is -0.830. The molecule has 0 saturated carbocycles. The molecule has 1 aromatic rings. The van der Waals surface area contributed by atoms with Crippen molar-refractivity contribution in [3.8, 4) is 0 Å². The first kappa shape index (κ1) is 12.2. The minimum absolute atomic E-state index is 0.187. The molecule has 0 aliphatic heterocycles. The highest BCUT2D eigenvalue weighted by molar-refractivity contribution is 4.95. The maximum atomic E-state index is 5.48. The summed E-state index contributed by atoms with van der Waals surface area (Å²) in [6.45, 7) is 10.7. The number of hydrogen-bond donors (Lipinski definition) is 1. The van der Waals surface area contributed by atoms with E-state index in [1.165, 1.54) is 6.42 Å². The highest BCUT2D eigenvalue weighted by atomic mass is 16.4. The third-order valence-electron chi connectivity index (χ3n) is 2.37. The monoisotopic (exact) mass is 210 g/mol. The van der Waals surface area contributed by atoms with E-state index in [9.17, 15) is 0 Å². The van der Waals surface area contributed by atoms with Crippen LogP contribution in [0.15, 0.2) is 10.6 Å². The summed E-state index contributed by atoms with van der Waals surface area (Å²) < 4.78 is 5.48. The number of aryl methyl sites for hydroxylation is 1. The van der Waals surface area contributed by atoms with Crippen LogP contribution in [0, 0.1) is 12.8 Å². The molecule has 15 heavy (non-hydrogen) atoms. The van der Waals surface area contributed by atoms with Crippen LogP contribution < -0.4 is 5.32 Å². The van der Waals surface area contributed by atoms with Gasteiger partial charge in [-0.3, -0.25) is 0 Å². The van der Waals surface area contributed by atoms with Gasteiger partial charge in [0.1, 0.15) is 5.76 Å². The number of oxazole rings is 1. The van der Waals surface area contributed by atoms with Crippen molar-refractivity contribution in [2.24, 2.45) is 5.92 Å². The summed E-state index contributed by atoms with van der Waals surface area (Å²) >= 11 is 0. The van der Waals surface area contributed by atoms with Crippen LogP contribution in [0.25, 0.3) is 0 Å². The molecule has 3 nitrogen and oxygen atoms in total. The van der Waals surface area contributed by atoms with Gasteiger partial charge in [0.2, 0.25) is 5.89 Å². The van der Waals surface area contributed by atoms with E-state index in [0.29, 0.717) is 12.0 Å². The van der Waals surface area contributed by atoms with Crippen molar-refractivity contribution >= 4 is 0 Å². The fourth-order valence-corrected chi connectivity index (χ4v) is 1.85. The average molecular weight is 210 g/mol. The molecular weight excluding hydrogens is 188 g/mol. The summed E-state index contributed by atoms with van der Waals surface area (Å²) in [5.74, 6) is 2.37. The Morgan fingerprint density at radius 2 is 2.00 bits per heavy atom. The van der Waals surface area contributed by atoms with Crippen molar-refractivity contribution in [2.45, 2.75) is 53.1 Å². The lowest BCUT2D eigenvalue weighted by atomic mass is 10.0. The van der Waals surface area contributed by atoms with E-state index >= 15 is 0 Å². The van der Waals surface area contributed by atoms with Gasteiger partial charge in [-0.2, -0.15) is 0 Å². The number of hydrogen-bond acceptors (Lipinski definition) is 3. The Bertz CT molecular complexity index is 294. The largest absolute Gasteiger partial charge is 0.444 e. The predicted molar refractivity (Wildman–Crippen MR) is 61.7 cm³/mol. The molecule has 0 radical (unpaired) electrons. The van der Waals surface area contributed by atoms with Gasteiger partial charge in [0.15, 0.2) is 0 Å². The Balaban J connectivity index is 2.45. The molecule has 0 aromatic carbocycles. The third kappa shape index (κ3) is 4.04. The average Bonchev–Trinajstić information content (AvgIpc) is 2.49. The van der Waals surface area contributed by atoms with Gasteiger partial charge in [-0.05, 0) is 33.1 Å². The second-order valence-corrected chi connectivity index (χ2v) is 4.73. The van der Waals surface area contributed by atoms with Gasteiger partial charge < -0.3 is 9.73 Å². The predicted octanol–water partition coefficient (Wildman–Crippen LogP) is 3.07. The first-order valence-electron chi connectivity index (χ1n) is 5.67. The van der Waals surface area contributed by atoms with Crippen molar-refractivity contribution in [2.75, 3.05) is 0 Å². The summed E-state index contributed by atoms with van der Waals surface area (Å²) in [5, 5.41) is 3.48. The Morgan fingerprint density at radius 1 is 1.33 bits per heavy atom. The van der Waals surface area contributed by atoms with E-state index in [0.717, 1.165) is 11.7 Å². The van der Waals surface area contributed by atoms with E-state index in [1.54, 1.807) is 6.20 Å². The number of aromatic nitrogens is 1. The van der Waals surface area contributed by atoms with Crippen LogP contribution in [0.2, 0.25) is 0 Å². The van der Waals surface area contributed by atoms with Crippen LogP contribution >= 0.6 is 0 Å². The lowest BCUT2D eigenvalue weighted by molar-refractivity contribution is 0.351. The van der Waals surface area contributed by atoms with Gasteiger partial charge in [-0.15, -0.1) is 0 Å². The number of nitrogens with zero attached hydrogens (tertiary/aromatic N) is 1. The molecule has 0 bridgehead atoms. The quantitative estimate of drug-likeness (QED) is 0.811. The summed E-state index contributed by atoms with van der Waals surface area (Å²) in [6, 6.07) is 0.680. The topological polar surface area (TPSA) is 38.1 Å². The standard InChI is InChI=1S/C12H22N2O/c1-8(2)6-9(3)14-11(5)12-13-7-10(4)15-12/h7-9,11,14H,6H2,1-5H3. The molecule has 3 heteroatoms. The smallest absolute Gasteiger partial charge is 0.211 e. The number of nitrogens with one attached hydrogen (secondary N) is 1. The third-order valence-corrected chi connectivity index (χ3v) is 2.37. The summed E-state index contributed by atoms with van der Waals surface area (Å²) in [7, 11) is 0. The Labute approximate surface area is 92.3 Å². The molecule has 2 atom stereocenters. The van der Waals surface area contributed by atoms with E-state index in [4.69, 9.17) is 4.42 Å². The van der Waals surface area contributed by atoms with E-state index in [1.807, 2.05) is 6.92 Å². The molecule has 0 spiro atoms. The van der Waals surface area contributed by atoms with Gasteiger partial charge >= 0.3 is 0 Å². The molecule has 1 aromatic heterocycles. The highest BCUT2D eigenvalue weighted by Crippen LogP contribution is 2.14. The zero-order valence-corrected chi connectivity index (χ0v) is 10.4. The minimum atomic E-state index is 0.187. The zero-order valence-electron chi connectivity index (χ0n) is 10.4. The molecular formula is C12H22N2O. The molecule has 0 aliphatic rings. The highest BCUT2D eigenvalue weighted by Gasteiger charge is 2.14. The molecule has 1 rings (SSSR count). The lowest BCUT2D eigenvalue weighted by Crippen LogP contribution is -2.30. The maximum absolute atomic E-state index is 5.48. The van der Waals surface area contributed by atoms with E-state index in [2.05, 4.69) is 38.0 Å². The van der Waals surface area contributed by atoms with Crippen molar-refractivity contribution in [3.63, 3.8) is 0 Å². The van der Waals surface area contributed by atoms with Crippen molar-refractivity contribution in [1.82, 2.24) is 10.3 Å². The molecule has 0 amide bonds. The van der Waals surface area contributed by atoms with Crippen molar-refractivity contribution < 1.29 is 4.42 Å². The van der Waals surface area contributed by atoms with E-state index < -0.39 is 0 Å². The van der Waals surface area contributed by atoms with Gasteiger partial charge in [0.25, 0.3) is 0 Å². The van der Waals surface area contributed by atoms with Crippen LogP contribution in [0.1, 0.15) is 51.8 Å². The fourth-order valence-electron chi connectivity index (χ4n) is 1.85. The summed E-state index contributed by atoms with van der Waals surface area (Å²) in [4.78, 5) is 4.22. The summed E-state index contributed by atoms with van der Waals surface area (Å²) in [6.07, 6.45) is 2.94. The van der Waals surface area contributed by atoms with E-state index in [-0.39, 0.29) is 6.04 Å².